The van der Waals surface area contributed by atoms with Crippen LogP contribution in [0.5, 0.6) is 0 Å². The summed E-state index contributed by atoms with van der Waals surface area (Å²) in [6, 6.07) is 4.70. The number of piperidine rings is 1. The molecule has 4 heterocycles. The second-order valence-corrected chi connectivity index (χ2v) is 10.6. The van der Waals surface area contributed by atoms with Gasteiger partial charge in [0.05, 0.1) is 33.2 Å². The van der Waals surface area contributed by atoms with Crippen molar-refractivity contribution in [3.05, 3.63) is 35.0 Å². The van der Waals surface area contributed by atoms with Gasteiger partial charge in [0.25, 0.3) is 5.91 Å². The van der Waals surface area contributed by atoms with Crippen LogP contribution in [0.25, 0.3) is 10.2 Å². The zero-order valence-corrected chi connectivity index (χ0v) is 21.0. The molecule has 8 nitrogen and oxygen atoms in total. The summed E-state index contributed by atoms with van der Waals surface area (Å²) >= 11 is 1.51. The second kappa shape index (κ2) is 9.84. The van der Waals surface area contributed by atoms with Crippen molar-refractivity contribution in [3.63, 3.8) is 0 Å². The van der Waals surface area contributed by atoms with E-state index in [1.54, 1.807) is 4.90 Å². The largest absolute Gasteiger partial charge is 0.370 e. The fraction of sp³-hybridized carbons (Fsp3) is 0.520. The maximum atomic E-state index is 12.9. The van der Waals surface area contributed by atoms with E-state index in [-0.39, 0.29) is 5.91 Å². The number of aromatic nitrogens is 3. The molecule has 1 amide bonds. The number of amides is 1. The summed E-state index contributed by atoms with van der Waals surface area (Å²) in [5, 5.41) is 6.64. The third-order valence-corrected chi connectivity index (χ3v) is 8.20. The fourth-order valence-electron chi connectivity index (χ4n) is 5.11. The predicted octanol–water partition coefficient (Wildman–Crippen LogP) is 4.38. The lowest BCUT2D eigenvalue weighted by atomic mass is 9.96. The Morgan fingerprint density at radius 2 is 1.85 bits per heavy atom. The third-order valence-electron chi connectivity index (χ3n) is 7.09. The molecule has 0 atom stereocenters. The summed E-state index contributed by atoms with van der Waals surface area (Å²) in [6.07, 6.45) is 10.7. The highest BCUT2D eigenvalue weighted by Gasteiger charge is 2.29. The Bertz CT molecular complexity index is 1150. The Morgan fingerprint density at radius 1 is 1.09 bits per heavy atom. The summed E-state index contributed by atoms with van der Waals surface area (Å²) in [6.45, 7) is 2.08. The normalized spacial score (nSPS) is 17.4. The van der Waals surface area contributed by atoms with Crippen LogP contribution in [0.15, 0.2) is 24.5 Å². The second-order valence-electron chi connectivity index (χ2n) is 9.51. The lowest BCUT2D eigenvalue weighted by molar-refractivity contribution is 0.0831. The van der Waals surface area contributed by atoms with Crippen LogP contribution in [0.3, 0.4) is 0 Å². The summed E-state index contributed by atoms with van der Waals surface area (Å²) < 4.78 is 0.964. The van der Waals surface area contributed by atoms with E-state index >= 15 is 0 Å². The van der Waals surface area contributed by atoms with Crippen molar-refractivity contribution in [2.45, 2.75) is 50.5 Å². The molecule has 0 aromatic carbocycles. The first-order valence-corrected chi connectivity index (χ1v) is 13.0. The van der Waals surface area contributed by atoms with Crippen LogP contribution in [0.2, 0.25) is 0 Å². The molecule has 9 heteroatoms. The molecule has 1 aliphatic heterocycles. The SMILES string of the molecule is CNC1CCN(c2ccc(Nc3ncc4sc(C(=O)N(C)C)c(C5CCCC5)c4n3)nc2)CC1. The molecule has 0 bridgehead atoms. The van der Waals surface area contributed by atoms with Gasteiger partial charge in [-0.15, -0.1) is 11.3 Å². The van der Waals surface area contributed by atoms with Crippen molar-refractivity contribution in [2.24, 2.45) is 0 Å². The summed E-state index contributed by atoms with van der Waals surface area (Å²) in [7, 11) is 5.65. The number of thiophene rings is 1. The maximum Gasteiger partial charge on any atom is 0.263 e. The first-order chi connectivity index (χ1) is 16.5. The van der Waals surface area contributed by atoms with Crippen molar-refractivity contribution >= 4 is 44.9 Å². The van der Waals surface area contributed by atoms with Gasteiger partial charge in [-0.1, -0.05) is 12.8 Å². The highest BCUT2D eigenvalue weighted by molar-refractivity contribution is 7.21. The third kappa shape index (κ3) is 4.59. The summed E-state index contributed by atoms with van der Waals surface area (Å²) in [4.78, 5) is 31.8. The molecule has 180 valence electrons. The van der Waals surface area contributed by atoms with E-state index in [1.165, 1.54) is 24.2 Å². The standard InChI is InChI=1S/C25H33N7OS/c1-26-17-10-12-32(13-11-17)18-8-9-20(27-14-18)29-25-28-15-19-22(30-25)21(16-6-4-5-7-16)23(34-19)24(33)31(2)3/h8-9,14-17,26H,4-7,10-13H2,1-3H3,(H,27,28,29,30). The summed E-state index contributed by atoms with van der Waals surface area (Å²) in [5.41, 5.74) is 3.16. The van der Waals surface area contributed by atoms with Crippen LogP contribution >= 0.6 is 11.3 Å². The van der Waals surface area contributed by atoms with Crippen LogP contribution in [0.1, 0.15) is 59.7 Å². The molecule has 0 spiro atoms. The number of anilines is 3. The van der Waals surface area contributed by atoms with E-state index in [0.717, 1.165) is 70.9 Å². The predicted molar refractivity (Wildman–Crippen MR) is 138 cm³/mol. The van der Waals surface area contributed by atoms with Crippen LogP contribution in [-0.2, 0) is 0 Å². The molecule has 2 aliphatic rings. The Kier molecular flexibility index (Phi) is 6.65. The molecular formula is C25H33N7OS. The zero-order valence-electron chi connectivity index (χ0n) is 20.2. The van der Waals surface area contributed by atoms with Gasteiger partial charge < -0.3 is 20.4 Å². The first-order valence-electron chi connectivity index (χ1n) is 12.2. The lowest BCUT2D eigenvalue weighted by Gasteiger charge is -2.33. The number of carbonyl (C=O) groups is 1. The van der Waals surface area contributed by atoms with Crippen molar-refractivity contribution < 1.29 is 4.79 Å². The number of hydrogen-bond donors (Lipinski definition) is 2. The monoisotopic (exact) mass is 479 g/mol. The Morgan fingerprint density at radius 3 is 2.50 bits per heavy atom. The summed E-state index contributed by atoms with van der Waals surface area (Å²) in [5.74, 6) is 1.68. The minimum atomic E-state index is 0.0513. The minimum absolute atomic E-state index is 0.0513. The van der Waals surface area contributed by atoms with Gasteiger partial charge in [0.15, 0.2) is 0 Å². The number of nitrogens with one attached hydrogen (secondary N) is 2. The van der Waals surface area contributed by atoms with E-state index in [0.29, 0.717) is 17.9 Å². The van der Waals surface area contributed by atoms with Crippen LogP contribution in [0, 0.1) is 0 Å². The van der Waals surface area contributed by atoms with Crippen molar-refractivity contribution in [1.29, 1.82) is 0 Å². The Balaban J connectivity index is 1.38. The zero-order chi connectivity index (χ0) is 23.7. The van der Waals surface area contributed by atoms with Gasteiger partial charge >= 0.3 is 0 Å². The van der Waals surface area contributed by atoms with Crippen LogP contribution in [-0.4, -0.2) is 66.0 Å². The molecule has 0 radical (unpaired) electrons. The highest BCUT2D eigenvalue weighted by Crippen LogP contribution is 2.43. The fourth-order valence-corrected chi connectivity index (χ4v) is 6.34. The van der Waals surface area contributed by atoms with E-state index < -0.39 is 0 Å². The number of carbonyl (C=O) groups excluding carboxylic acids is 1. The number of hydrogen-bond acceptors (Lipinski definition) is 8. The molecular weight excluding hydrogens is 446 g/mol. The van der Waals surface area contributed by atoms with E-state index in [1.807, 2.05) is 39.6 Å². The van der Waals surface area contributed by atoms with Crippen LogP contribution < -0.4 is 15.5 Å². The molecule has 5 rings (SSSR count). The van der Waals surface area contributed by atoms with Crippen molar-refractivity contribution in [2.75, 3.05) is 44.4 Å². The average Bonchev–Trinajstić information content (AvgIpc) is 3.51. The molecule has 2 N–H and O–H groups in total. The molecule has 3 aromatic rings. The number of pyridine rings is 1. The number of rotatable bonds is 6. The van der Waals surface area contributed by atoms with Gasteiger partial charge in [-0.3, -0.25) is 4.79 Å². The van der Waals surface area contributed by atoms with E-state index in [2.05, 4.69) is 31.6 Å². The van der Waals surface area contributed by atoms with Gasteiger partial charge in [0.1, 0.15) is 5.82 Å². The molecule has 1 aliphatic carbocycles. The van der Waals surface area contributed by atoms with E-state index in [9.17, 15) is 4.79 Å². The smallest absolute Gasteiger partial charge is 0.263 e. The van der Waals surface area contributed by atoms with Crippen molar-refractivity contribution in [3.8, 4) is 0 Å². The van der Waals surface area contributed by atoms with Gasteiger partial charge in [0.2, 0.25) is 5.95 Å². The number of nitrogens with zero attached hydrogens (tertiary/aromatic N) is 5. The Labute approximate surface area is 204 Å². The molecule has 0 unspecified atom stereocenters. The van der Waals surface area contributed by atoms with Gasteiger partial charge in [-0.25, -0.2) is 15.0 Å². The van der Waals surface area contributed by atoms with Gasteiger partial charge in [-0.05, 0) is 50.8 Å². The van der Waals surface area contributed by atoms with Gasteiger partial charge in [0, 0.05) is 38.8 Å². The average molecular weight is 480 g/mol. The molecule has 1 saturated heterocycles. The Hall–Kier alpha value is -2.78. The minimum Gasteiger partial charge on any atom is -0.370 e. The quantitative estimate of drug-likeness (QED) is 0.543. The molecule has 1 saturated carbocycles. The molecule has 2 fully saturated rings. The topological polar surface area (TPSA) is 86.3 Å². The van der Waals surface area contributed by atoms with E-state index in [4.69, 9.17) is 4.98 Å². The van der Waals surface area contributed by atoms with Crippen LogP contribution in [0.4, 0.5) is 17.5 Å². The maximum absolute atomic E-state index is 12.9. The lowest BCUT2D eigenvalue weighted by Crippen LogP contribution is -2.41. The first kappa shape index (κ1) is 23.0. The van der Waals surface area contributed by atoms with Crippen molar-refractivity contribution in [1.82, 2.24) is 25.2 Å². The number of fused-ring (bicyclic) bond motifs is 1. The molecule has 3 aromatic heterocycles. The highest BCUT2D eigenvalue weighted by atomic mass is 32.1. The van der Waals surface area contributed by atoms with Gasteiger partial charge in [-0.2, -0.15) is 0 Å². The molecule has 34 heavy (non-hydrogen) atoms.